The second kappa shape index (κ2) is 21.4. The SMILES string of the molecule is CC[C@H](C)[C@@H](C(CC(=O)N1C(C)CC[C@H]1[C@H](OC)[C@@H](C)C(=O)N[C@@H](Cc1ccccc1)C(=O)O)OC)N(C)C(=O)[C@@H](NC(=O)[C@@H](NC)C(C)C)C(C)C. The number of hydrogen-bond acceptors (Lipinski definition) is 8. The van der Waals surface area contributed by atoms with Crippen LogP contribution in [0.5, 0.6) is 0 Å². The van der Waals surface area contributed by atoms with Gasteiger partial charge in [0.1, 0.15) is 12.1 Å². The highest BCUT2D eigenvalue weighted by Gasteiger charge is 2.45. The molecular weight excluding hydrogens is 678 g/mol. The number of hydrogen-bond donors (Lipinski definition) is 4. The molecule has 0 aromatic heterocycles. The van der Waals surface area contributed by atoms with Crippen molar-refractivity contribution in [3.8, 4) is 0 Å². The monoisotopic (exact) mass is 745 g/mol. The van der Waals surface area contributed by atoms with E-state index in [1.807, 2.05) is 78.8 Å². The number of carbonyl (C=O) groups excluding carboxylic acids is 4. The van der Waals surface area contributed by atoms with Crippen molar-refractivity contribution >= 4 is 29.6 Å². The molecule has 1 aromatic rings. The van der Waals surface area contributed by atoms with Crippen molar-refractivity contribution in [2.45, 2.75) is 136 Å². The van der Waals surface area contributed by atoms with Crippen LogP contribution in [-0.4, -0.2) is 121 Å². The van der Waals surface area contributed by atoms with Crippen molar-refractivity contribution in [2.75, 3.05) is 28.3 Å². The lowest BCUT2D eigenvalue weighted by atomic mass is 9.89. The van der Waals surface area contributed by atoms with Gasteiger partial charge in [-0.05, 0) is 50.1 Å². The third-order valence-electron chi connectivity index (χ3n) is 11.0. The van der Waals surface area contributed by atoms with Gasteiger partial charge in [-0.3, -0.25) is 19.2 Å². The Morgan fingerprint density at radius 2 is 1.51 bits per heavy atom. The van der Waals surface area contributed by atoms with Crippen molar-refractivity contribution in [2.24, 2.45) is 23.7 Å². The highest BCUT2D eigenvalue weighted by molar-refractivity contribution is 5.90. The molecular formula is C40H67N5O8. The van der Waals surface area contributed by atoms with Crippen molar-refractivity contribution in [1.29, 1.82) is 0 Å². The Hall–Kier alpha value is -3.55. The number of methoxy groups -OCH3 is 2. The van der Waals surface area contributed by atoms with Gasteiger partial charge < -0.3 is 40.3 Å². The number of carbonyl (C=O) groups is 5. The largest absolute Gasteiger partial charge is 0.480 e. The lowest BCUT2D eigenvalue weighted by Gasteiger charge is -2.41. The zero-order chi connectivity index (χ0) is 40.2. The van der Waals surface area contributed by atoms with Crippen LogP contribution in [0.15, 0.2) is 30.3 Å². The molecule has 0 saturated carbocycles. The number of likely N-dealkylation sites (N-methyl/N-ethyl adjacent to an activating group) is 2. The van der Waals surface area contributed by atoms with E-state index < -0.39 is 60.2 Å². The summed E-state index contributed by atoms with van der Waals surface area (Å²) < 4.78 is 11.9. The summed E-state index contributed by atoms with van der Waals surface area (Å²) in [7, 11) is 6.47. The Morgan fingerprint density at radius 3 is 2.00 bits per heavy atom. The molecule has 4 N–H and O–H groups in total. The maximum atomic E-state index is 14.3. The summed E-state index contributed by atoms with van der Waals surface area (Å²) in [5, 5.41) is 18.6. The third kappa shape index (κ3) is 12.0. The van der Waals surface area contributed by atoms with Crippen molar-refractivity contribution in [1.82, 2.24) is 25.8 Å². The van der Waals surface area contributed by atoms with Crippen LogP contribution in [-0.2, 0) is 39.9 Å². The maximum absolute atomic E-state index is 14.3. The van der Waals surface area contributed by atoms with Crippen LogP contribution in [0.2, 0.25) is 0 Å². The number of rotatable bonds is 21. The Labute approximate surface area is 317 Å². The smallest absolute Gasteiger partial charge is 0.326 e. The lowest BCUT2D eigenvalue weighted by Crippen LogP contribution is -2.59. The minimum Gasteiger partial charge on any atom is -0.480 e. The number of carboxylic acids is 1. The summed E-state index contributed by atoms with van der Waals surface area (Å²) >= 11 is 0. The first-order valence-electron chi connectivity index (χ1n) is 19.1. The van der Waals surface area contributed by atoms with E-state index in [-0.39, 0.29) is 54.4 Å². The number of benzene rings is 1. The van der Waals surface area contributed by atoms with Gasteiger partial charge in [0.2, 0.25) is 23.6 Å². The molecule has 53 heavy (non-hydrogen) atoms. The molecule has 2 unspecified atom stereocenters. The van der Waals surface area contributed by atoms with E-state index >= 15 is 0 Å². The van der Waals surface area contributed by atoms with E-state index in [0.717, 1.165) is 5.56 Å². The van der Waals surface area contributed by atoms with Gasteiger partial charge >= 0.3 is 5.97 Å². The van der Waals surface area contributed by atoms with E-state index in [0.29, 0.717) is 19.3 Å². The molecule has 0 bridgehead atoms. The average Bonchev–Trinajstić information content (AvgIpc) is 3.50. The Bertz CT molecular complexity index is 1340. The highest BCUT2D eigenvalue weighted by atomic mass is 16.5. The number of likely N-dealkylation sites (tertiary alicyclic amines) is 1. The van der Waals surface area contributed by atoms with Gasteiger partial charge in [0.25, 0.3) is 0 Å². The van der Waals surface area contributed by atoms with E-state index in [1.54, 1.807) is 30.8 Å². The molecule has 4 amide bonds. The summed E-state index contributed by atoms with van der Waals surface area (Å²) in [5.74, 6) is -3.30. The van der Waals surface area contributed by atoms with E-state index in [1.165, 1.54) is 14.2 Å². The first-order chi connectivity index (χ1) is 24.9. The standard InChI is InChI=1S/C40H67N5O8/c1-13-25(6)35(44(10)39(49)34(24(4)5)43-38(48)33(41-9)23(2)3)31(52-11)22-32(46)45-26(7)19-20-30(45)36(53-12)27(8)37(47)42-29(40(50)51)21-28-17-15-14-16-18-28/h14-18,23-27,29-31,33-36,41H,13,19-22H2,1-12H3,(H,42,47)(H,43,48)(H,50,51)/t25-,26?,27+,29-,30-,31?,33-,34-,35-,36+/m0/s1. The fourth-order valence-corrected chi connectivity index (χ4v) is 7.72. The fraction of sp³-hybridized carbons (Fsp3) is 0.725. The van der Waals surface area contributed by atoms with Crippen LogP contribution in [0.4, 0.5) is 0 Å². The normalized spacial score (nSPS) is 20.5. The lowest BCUT2D eigenvalue weighted by molar-refractivity contribution is -0.149. The number of carboxylic acid groups (broad SMARTS) is 1. The summed E-state index contributed by atoms with van der Waals surface area (Å²) in [4.78, 5) is 70.8. The molecule has 1 saturated heterocycles. The first kappa shape index (κ1) is 45.6. The zero-order valence-corrected chi connectivity index (χ0v) is 34.0. The summed E-state index contributed by atoms with van der Waals surface area (Å²) in [5.41, 5.74) is 0.784. The zero-order valence-electron chi connectivity index (χ0n) is 34.0. The number of ether oxygens (including phenoxy) is 2. The Morgan fingerprint density at radius 1 is 0.906 bits per heavy atom. The second-order valence-corrected chi connectivity index (χ2v) is 15.4. The molecule has 2 rings (SSSR count). The van der Waals surface area contributed by atoms with Gasteiger partial charge in [-0.25, -0.2) is 4.79 Å². The minimum absolute atomic E-state index is 0.0190. The number of nitrogens with zero attached hydrogens (tertiary/aromatic N) is 2. The second-order valence-electron chi connectivity index (χ2n) is 15.4. The van der Waals surface area contributed by atoms with Gasteiger partial charge in [0.15, 0.2) is 0 Å². The predicted molar refractivity (Wildman–Crippen MR) is 205 cm³/mol. The third-order valence-corrected chi connectivity index (χ3v) is 11.0. The molecule has 13 heteroatoms. The highest BCUT2D eigenvalue weighted by Crippen LogP contribution is 2.33. The van der Waals surface area contributed by atoms with Crippen LogP contribution in [0, 0.1) is 23.7 Å². The molecule has 10 atom stereocenters. The van der Waals surface area contributed by atoms with Crippen molar-refractivity contribution in [3.63, 3.8) is 0 Å². The molecule has 1 aliphatic heterocycles. The number of nitrogens with one attached hydrogen (secondary N) is 3. The molecule has 1 aliphatic rings. The van der Waals surface area contributed by atoms with Gasteiger partial charge in [-0.1, -0.05) is 85.2 Å². The molecule has 13 nitrogen and oxygen atoms in total. The summed E-state index contributed by atoms with van der Waals surface area (Å²) in [6.07, 6.45) is 0.748. The summed E-state index contributed by atoms with van der Waals surface area (Å²) in [6, 6.07) is 5.65. The van der Waals surface area contributed by atoms with Crippen molar-refractivity contribution < 1.29 is 38.6 Å². The molecule has 1 fully saturated rings. The first-order valence-corrected chi connectivity index (χ1v) is 19.1. The number of aliphatic carboxylic acids is 1. The molecule has 1 aromatic carbocycles. The minimum atomic E-state index is -1.14. The average molecular weight is 746 g/mol. The van der Waals surface area contributed by atoms with E-state index in [2.05, 4.69) is 16.0 Å². The topological polar surface area (TPSA) is 167 Å². The van der Waals surface area contributed by atoms with Gasteiger partial charge in [-0.2, -0.15) is 0 Å². The van der Waals surface area contributed by atoms with E-state index in [4.69, 9.17) is 9.47 Å². The molecule has 0 radical (unpaired) electrons. The maximum Gasteiger partial charge on any atom is 0.326 e. The quantitative estimate of drug-likeness (QED) is 0.147. The van der Waals surface area contributed by atoms with Crippen LogP contribution >= 0.6 is 0 Å². The van der Waals surface area contributed by atoms with Gasteiger partial charge in [0.05, 0.1) is 42.7 Å². The van der Waals surface area contributed by atoms with Crippen molar-refractivity contribution in [3.05, 3.63) is 35.9 Å². The van der Waals surface area contributed by atoms with Gasteiger partial charge in [0, 0.05) is 33.7 Å². The Balaban J connectivity index is 2.31. The Kier molecular flexibility index (Phi) is 18.4. The van der Waals surface area contributed by atoms with E-state index in [9.17, 15) is 29.1 Å². The van der Waals surface area contributed by atoms with Crippen LogP contribution in [0.25, 0.3) is 0 Å². The van der Waals surface area contributed by atoms with Crippen LogP contribution in [0.3, 0.4) is 0 Å². The molecule has 1 heterocycles. The molecule has 0 aliphatic carbocycles. The van der Waals surface area contributed by atoms with Crippen LogP contribution in [0.1, 0.15) is 86.6 Å². The summed E-state index contributed by atoms with van der Waals surface area (Å²) in [6.45, 7) is 15.4. The molecule has 300 valence electrons. The fourth-order valence-electron chi connectivity index (χ4n) is 7.72. The van der Waals surface area contributed by atoms with Gasteiger partial charge in [-0.15, -0.1) is 0 Å². The van der Waals surface area contributed by atoms with Crippen LogP contribution < -0.4 is 16.0 Å². The number of amides is 4. The molecule has 0 spiro atoms. The predicted octanol–water partition coefficient (Wildman–Crippen LogP) is 3.49.